The topological polar surface area (TPSA) is 112 Å². The van der Waals surface area contributed by atoms with Crippen LogP contribution in [0.1, 0.15) is 16.7 Å². The Labute approximate surface area is 169 Å². The van der Waals surface area contributed by atoms with Crippen LogP contribution in [0.25, 0.3) is 6.08 Å². The molecule has 0 radical (unpaired) electrons. The highest BCUT2D eigenvalue weighted by atomic mass is 16.5. The van der Waals surface area contributed by atoms with Gasteiger partial charge in [-0.15, -0.1) is 0 Å². The van der Waals surface area contributed by atoms with Crippen molar-refractivity contribution in [1.29, 1.82) is 5.26 Å². The second-order valence-corrected chi connectivity index (χ2v) is 6.11. The van der Waals surface area contributed by atoms with Crippen LogP contribution in [0.3, 0.4) is 0 Å². The summed E-state index contributed by atoms with van der Waals surface area (Å²) in [6, 6.07) is 9.75. The Balaban J connectivity index is 2.08. The Morgan fingerprint density at radius 1 is 1.14 bits per heavy atom. The van der Waals surface area contributed by atoms with Crippen LogP contribution >= 0.6 is 0 Å². The summed E-state index contributed by atoms with van der Waals surface area (Å²) in [5.74, 6) is 0.288. The molecule has 0 aliphatic carbocycles. The minimum Gasteiger partial charge on any atom is -0.504 e. The lowest BCUT2D eigenvalue weighted by Gasteiger charge is -2.13. The third-order valence-corrected chi connectivity index (χ3v) is 4.18. The predicted molar refractivity (Wildman–Crippen MR) is 109 cm³/mol. The van der Waals surface area contributed by atoms with Crippen molar-refractivity contribution in [3.8, 4) is 29.1 Å². The second-order valence-electron chi connectivity index (χ2n) is 6.11. The van der Waals surface area contributed by atoms with E-state index in [4.69, 9.17) is 9.47 Å². The molecule has 0 aromatic heterocycles. The van der Waals surface area contributed by atoms with E-state index in [2.05, 4.69) is 5.32 Å². The van der Waals surface area contributed by atoms with Crippen LogP contribution in [-0.4, -0.2) is 30.3 Å². The Hall–Kier alpha value is -3.92. The van der Waals surface area contributed by atoms with Crippen LogP contribution in [0.5, 0.6) is 23.0 Å². The zero-order chi connectivity index (χ0) is 21.4. The number of phenolic OH excluding ortho intramolecular Hbond substituents is 2. The maximum Gasteiger partial charge on any atom is 0.262 e. The number of phenols is 2. The number of hydrogen-bond acceptors (Lipinski definition) is 6. The number of ether oxygens (including phenoxy) is 2. The van der Waals surface area contributed by atoms with Crippen molar-refractivity contribution in [2.24, 2.45) is 0 Å². The lowest BCUT2D eigenvalue weighted by molar-refractivity contribution is -0.117. The second kappa shape index (κ2) is 9.85. The molecule has 0 saturated heterocycles. The summed E-state index contributed by atoms with van der Waals surface area (Å²) in [5.41, 5.74) is 2.15. The van der Waals surface area contributed by atoms with Gasteiger partial charge in [-0.1, -0.05) is 18.2 Å². The van der Waals surface area contributed by atoms with Crippen molar-refractivity contribution in [3.63, 3.8) is 0 Å². The molecule has 29 heavy (non-hydrogen) atoms. The number of aromatic hydroxyl groups is 2. The SMILES string of the molecule is COc1cc(CNC(=O)/C(C#N)=C/C=C/c2ccc(O)c(O)c2)cc(OC)c1C. The van der Waals surface area contributed by atoms with Gasteiger partial charge in [0.25, 0.3) is 5.91 Å². The Bertz CT molecular complexity index is 978. The molecule has 0 aliphatic rings. The molecule has 2 rings (SSSR count). The third kappa shape index (κ3) is 5.53. The zero-order valence-corrected chi connectivity index (χ0v) is 16.4. The van der Waals surface area contributed by atoms with Gasteiger partial charge in [-0.25, -0.2) is 0 Å². The summed E-state index contributed by atoms with van der Waals surface area (Å²) in [6.07, 6.45) is 4.48. The molecule has 0 atom stereocenters. The van der Waals surface area contributed by atoms with Gasteiger partial charge in [0, 0.05) is 12.1 Å². The highest BCUT2D eigenvalue weighted by Crippen LogP contribution is 2.29. The fourth-order valence-corrected chi connectivity index (χ4v) is 2.58. The smallest absolute Gasteiger partial charge is 0.262 e. The molecule has 0 saturated carbocycles. The molecule has 2 aromatic rings. The molecular weight excluding hydrogens is 372 g/mol. The maximum atomic E-state index is 12.3. The van der Waals surface area contributed by atoms with E-state index >= 15 is 0 Å². The Morgan fingerprint density at radius 2 is 1.79 bits per heavy atom. The first-order valence-electron chi connectivity index (χ1n) is 8.69. The van der Waals surface area contributed by atoms with Crippen molar-refractivity contribution >= 4 is 12.0 Å². The number of carbonyl (C=O) groups excluding carboxylic acids is 1. The van der Waals surface area contributed by atoms with Gasteiger partial charge in [-0.2, -0.15) is 5.26 Å². The van der Waals surface area contributed by atoms with Crippen LogP contribution in [-0.2, 0) is 11.3 Å². The summed E-state index contributed by atoms with van der Waals surface area (Å²) in [7, 11) is 3.11. The van der Waals surface area contributed by atoms with Crippen molar-refractivity contribution in [1.82, 2.24) is 5.32 Å². The van der Waals surface area contributed by atoms with Crippen molar-refractivity contribution in [2.45, 2.75) is 13.5 Å². The van der Waals surface area contributed by atoms with Crippen molar-refractivity contribution < 1.29 is 24.5 Å². The molecule has 1 amide bonds. The first-order valence-corrected chi connectivity index (χ1v) is 8.69. The average Bonchev–Trinajstić information content (AvgIpc) is 2.72. The lowest BCUT2D eigenvalue weighted by Crippen LogP contribution is -2.24. The Morgan fingerprint density at radius 3 is 2.34 bits per heavy atom. The normalized spacial score (nSPS) is 11.2. The Kier molecular flexibility index (Phi) is 7.26. The van der Waals surface area contributed by atoms with E-state index in [1.807, 2.05) is 13.0 Å². The van der Waals surface area contributed by atoms with Gasteiger partial charge < -0.3 is 25.0 Å². The highest BCUT2D eigenvalue weighted by molar-refractivity contribution is 5.97. The van der Waals surface area contributed by atoms with Gasteiger partial charge in [0.15, 0.2) is 11.5 Å². The van der Waals surface area contributed by atoms with Crippen LogP contribution in [0.2, 0.25) is 0 Å². The fraction of sp³-hybridized carbons (Fsp3) is 0.182. The number of nitrogens with zero attached hydrogens (tertiary/aromatic N) is 1. The van der Waals surface area contributed by atoms with Gasteiger partial charge in [-0.05, 0) is 48.4 Å². The predicted octanol–water partition coefficient (Wildman–Crippen LogP) is 3.20. The van der Waals surface area contributed by atoms with Crippen molar-refractivity contribution in [3.05, 3.63) is 64.7 Å². The highest BCUT2D eigenvalue weighted by Gasteiger charge is 2.11. The number of nitrogens with one attached hydrogen (secondary N) is 1. The third-order valence-electron chi connectivity index (χ3n) is 4.18. The minimum absolute atomic E-state index is 0.0738. The quantitative estimate of drug-likeness (QED) is 0.288. The molecule has 3 N–H and O–H groups in total. The molecule has 7 heteroatoms. The molecule has 2 aromatic carbocycles. The number of rotatable bonds is 7. The zero-order valence-electron chi connectivity index (χ0n) is 16.4. The van der Waals surface area contributed by atoms with E-state index in [9.17, 15) is 20.3 Å². The average molecular weight is 394 g/mol. The number of methoxy groups -OCH3 is 2. The molecule has 0 heterocycles. The van der Waals surface area contributed by atoms with Gasteiger partial charge in [0.2, 0.25) is 0 Å². The van der Waals surface area contributed by atoms with E-state index in [0.29, 0.717) is 17.1 Å². The number of hydrogen-bond donors (Lipinski definition) is 3. The van der Waals surface area contributed by atoms with Crippen LogP contribution < -0.4 is 14.8 Å². The summed E-state index contributed by atoms with van der Waals surface area (Å²) >= 11 is 0. The van der Waals surface area contributed by atoms with Crippen LogP contribution in [0.15, 0.2) is 48.1 Å². The number of nitriles is 1. The molecule has 150 valence electrons. The summed E-state index contributed by atoms with van der Waals surface area (Å²) in [6.45, 7) is 2.07. The van der Waals surface area contributed by atoms with Crippen molar-refractivity contribution in [2.75, 3.05) is 14.2 Å². The minimum atomic E-state index is -0.524. The van der Waals surface area contributed by atoms with Gasteiger partial charge in [0.1, 0.15) is 23.1 Å². The van der Waals surface area contributed by atoms with Gasteiger partial charge in [-0.3, -0.25) is 4.79 Å². The first kappa shape index (κ1) is 21.4. The molecule has 0 spiro atoms. The monoisotopic (exact) mass is 394 g/mol. The summed E-state index contributed by atoms with van der Waals surface area (Å²) < 4.78 is 10.6. The molecular formula is C22H22N2O5. The summed E-state index contributed by atoms with van der Waals surface area (Å²) in [5, 5.41) is 30.7. The van der Waals surface area contributed by atoms with E-state index in [1.54, 1.807) is 38.5 Å². The van der Waals surface area contributed by atoms with Crippen LogP contribution in [0, 0.1) is 18.3 Å². The molecule has 7 nitrogen and oxygen atoms in total. The summed E-state index contributed by atoms with van der Waals surface area (Å²) in [4.78, 5) is 12.3. The van der Waals surface area contributed by atoms with Gasteiger partial charge >= 0.3 is 0 Å². The van der Waals surface area contributed by atoms with Crippen LogP contribution in [0.4, 0.5) is 0 Å². The number of amides is 1. The number of benzene rings is 2. The lowest BCUT2D eigenvalue weighted by atomic mass is 10.1. The first-order chi connectivity index (χ1) is 13.9. The maximum absolute atomic E-state index is 12.3. The van der Waals surface area contributed by atoms with E-state index in [0.717, 1.165) is 11.1 Å². The van der Waals surface area contributed by atoms with E-state index < -0.39 is 5.91 Å². The van der Waals surface area contributed by atoms with E-state index in [1.165, 1.54) is 24.3 Å². The number of carbonyl (C=O) groups is 1. The molecule has 0 unspecified atom stereocenters. The fourth-order valence-electron chi connectivity index (χ4n) is 2.58. The standard InChI is InChI=1S/C22H22N2O5/c1-14-20(28-2)10-16(11-21(14)29-3)13-24-22(27)17(12-23)6-4-5-15-7-8-18(25)19(26)9-15/h4-11,25-26H,13H2,1-3H3,(H,24,27)/b5-4+,17-6+. The molecule has 0 aliphatic heterocycles. The number of allylic oxidation sites excluding steroid dienone is 2. The van der Waals surface area contributed by atoms with E-state index in [-0.39, 0.29) is 23.6 Å². The molecule has 0 fully saturated rings. The largest absolute Gasteiger partial charge is 0.504 e. The van der Waals surface area contributed by atoms with Gasteiger partial charge in [0.05, 0.1) is 14.2 Å². The molecule has 0 bridgehead atoms.